The van der Waals surface area contributed by atoms with Gasteiger partial charge in [-0.1, -0.05) is 0 Å². The minimum Gasteiger partial charge on any atom is -0.486 e. The van der Waals surface area contributed by atoms with Gasteiger partial charge in [0.25, 0.3) is 0 Å². The van der Waals surface area contributed by atoms with E-state index in [4.69, 9.17) is 9.47 Å². The van der Waals surface area contributed by atoms with Crippen molar-refractivity contribution >= 4 is 23.3 Å². The van der Waals surface area contributed by atoms with Crippen LogP contribution < -0.4 is 24.4 Å². The van der Waals surface area contributed by atoms with E-state index in [0.717, 1.165) is 12.1 Å². The average molecular weight is 437 g/mol. The summed E-state index contributed by atoms with van der Waals surface area (Å²) in [6.45, 7) is 1.45. The van der Waals surface area contributed by atoms with Gasteiger partial charge in [0.1, 0.15) is 25.5 Å². The first-order valence-corrected chi connectivity index (χ1v) is 9.40. The maximum absolute atomic E-state index is 12.7. The van der Waals surface area contributed by atoms with E-state index in [0.29, 0.717) is 43.5 Å². The van der Waals surface area contributed by atoms with Crippen LogP contribution in [0.5, 0.6) is 17.2 Å². The highest BCUT2D eigenvalue weighted by molar-refractivity contribution is 5.99. The van der Waals surface area contributed by atoms with E-state index >= 15 is 0 Å². The molecule has 8 nitrogen and oxygen atoms in total. The van der Waals surface area contributed by atoms with Crippen molar-refractivity contribution in [2.24, 2.45) is 0 Å². The highest BCUT2D eigenvalue weighted by Gasteiger charge is 2.32. The van der Waals surface area contributed by atoms with E-state index in [-0.39, 0.29) is 18.3 Å². The van der Waals surface area contributed by atoms with Crippen LogP contribution in [0.3, 0.4) is 0 Å². The lowest BCUT2D eigenvalue weighted by atomic mass is 10.2. The molecule has 0 spiro atoms. The number of halogens is 3. The van der Waals surface area contributed by atoms with Gasteiger partial charge in [-0.25, -0.2) is 4.79 Å². The average Bonchev–Trinajstić information content (AvgIpc) is 3.08. The van der Waals surface area contributed by atoms with Gasteiger partial charge >= 0.3 is 12.4 Å². The monoisotopic (exact) mass is 437 g/mol. The van der Waals surface area contributed by atoms with E-state index in [2.05, 4.69) is 10.1 Å². The second kappa shape index (κ2) is 8.25. The van der Waals surface area contributed by atoms with E-state index in [1.807, 2.05) is 0 Å². The van der Waals surface area contributed by atoms with Gasteiger partial charge in [0.2, 0.25) is 5.91 Å². The molecule has 0 aromatic heterocycles. The van der Waals surface area contributed by atoms with Crippen molar-refractivity contribution < 1.29 is 37.0 Å². The standard InChI is InChI=1S/C20H18F3N3O5/c21-20(22,23)31-15-4-1-13(2-5-15)24-18(27)12-25-7-8-26(19(25)28)14-3-6-16-17(11-14)30-10-9-29-16/h1-6,11H,7-10,12H2,(H,24,27). The van der Waals surface area contributed by atoms with Crippen molar-refractivity contribution in [3.63, 3.8) is 0 Å². The molecular weight excluding hydrogens is 419 g/mol. The minimum atomic E-state index is -4.79. The third-order valence-corrected chi connectivity index (χ3v) is 4.64. The van der Waals surface area contributed by atoms with Crippen LogP contribution in [0.1, 0.15) is 0 Å². The molecule has 2 aromatic rings. The summed E-state index contributed by atoms with van der Waals surface area (Å²) in [6.07, 6.45) is -4.79. The number of alkyl halides is 3. The summed E-state index contributed by atoms with van der Waals surface area (Å²) in [6, 6.07) is 9.62. The summed E-state index contributed by atoms with van der Waals surface area (Å²) in [5.74, 6) is 0.312. The Morgan fingerprint density at radius 1 is 1.03 bits per heavy atom. The zero-order valence-corrected chi connectivity index (χ0v) is 16.1. The molecule has 0 aliphatic carbocycles. The van der Waals surface area contributed by atoms with Crippen LogP contribution in [0, 0.1) is 0 Å². The molecule has 1 N–H and O–H groups in total. The molecular formula is C20H18F3N3O5. The Morgan fingerprint density at radius 3 is 2.45 bits per heavy atom. The molecule has 4 rings (SSSR count). The van der Waals surface area contributed by atoms with Crippen molar-refractivity contribution in [2.75, 3.05) is 43.1 Å². The van der Waals surface area contributed by atoms with Gasteiger partial charge in [-0.15, -0.1) is 13.2 Å². The smallest absolute Gasteiger partial charge is 0.486 e. The topological polar surface area (TPSA) is 80.3 Å². The van der Waals surface area contributed by atoms with E-state index < -0.39 is 18.0 Å². The molecule has 2 aliphatic rings. The Bertz CT molecular complexity index is 981. The number of rotatable bonds is 5. The summed E-state index contributed by atoms with van der Waals surface area (Å²) in [5, 5.41) is 2.55. The Kier molecular flexibility index (Phi) is 5.49. The van der Waals surface area contributed by atoms with Gasteiger partial charge in [0.15, 0.2) is 11.5 Å². The highest BCUT2D eigenvalue weighted by Crippen LogP contribution is 2.35. The van der Waals surface area contributed by atoms with Crippen LogP contribution in [-0.4, -0.2) is 56.0 Å². The van der Waals surface area contributed by atoms with Gasteiger partial charge in [0, 0.05) is 30.5 Å². The SMILES string of the molecule is O=C(CN1CCN(c2ccc3c(c2)OCCO3)C1=O)Nc1ccc(OC(F)(F)F)cc1. The lowest BCUT2D eigenvalue weighted by Gasteiger charge is -2.22. The number of carbonyl (C=O) groups excluding carboxylic acids is 2. The number of fused-ring (bicyclic) bond motifs is 1. The summed E-state index contributed by atoms with van der Waals surface area (Å²) < 4.78 is 51.4. The fraction of sp³-hybridized carbons (Fsp3) is 0.300. The largest absolute Gasteiger partial charge is 0.573 e. The Balaban J connectivity index is 1.34. The maximum atomic E-state index is 12.7. The van der Waals surface area contributed by atoms with Gasteiger partial charge in [0.05, 0.1) is 0 Å². The third kappa shape index (κ3) is 4.93. The fourth-order valence-electron chi connectivity index (χ4n) is 3.28. The van der Waals surface area contributed by atoms with Gasteiger partial charge in [-0.2, -0.15) is 0 Å². The molecule has 0 atom stereocenters. The first-order chi connectivity index (χ1) is 14.8. The summed E-state index contributed by atoms with van der Waals surface area (Å²) in [4.78, 5) is 27.9. The molecule has 164 valence electrons. The molecule has 2 aromatic carbocycles. The lowest BCUT2D eigenvalue weighted by Crippen LogP contribution is -2.37. The number of nitrogens with zero attached hydrogens (tertiary/aromatic N) is 2. The maximum Gasteiger partial charge on any atom is 0.573 e. The second-order valence-corrected chi connectivity index (χ2v) is 6.80. The van der Waals surface area contributed by atoms with E-state index in [9.17, 15) is 22.8 Å². The zero-order chi connectivity index (χ0) is 22.0. The summed E-state index contributed by atoms with van der Waals surface area (Å²) in [5.41, 5.74) is 0.923. The molecule has 1 fully saturated rings. The lowest BCUT2D eigenvalue weighted by molar-refractivity contribution is -0.274. The molecule has 2 heterocycles. The minimum absolute atomic E-state index is 0.194. The Hall–Kier alpha value is -3.63. The highest BCUT2D eigenvalue weighted by atomic mass is 19.4. The number of ether oxygens (including phenoxy) is 3. The Morgan fingerprint density at radius 2 is 1.74 bits per heavy atom. The normalized spacial score (nSPS) is 15.8. The number of carbonyl (C=O) groups is 2. The number of urea groups is 1. The van der Waals surface area contributed by atoms with Crippen LogP contribution >= 0.6 is 0 Å². The van der Waals surface area contributed by atoms with Gasteiger partial charge < -0.3 is 24.4 Å². The van der Waals surface area contributed by atoms with Crippen molar-refractivity contribution in [2.45, 2.75) is 6.36 Å². The molecule has 11 heteroatoms. The molecule has 0 radical (unpaired) electrons. The van der Waals surface area contributed by atoms with Gasteiger partial charge in [-0.05, 0) is 36.4 Å². The summed E-state index contributed by atoms with van der Waals surface area (Å²) in [7, 11) is 0. The first-order valence-electron chi connectivity index (χ1n) is 9.40. The predicted molar refractivity (Wildman–Crippen MR) is 104 cm³/mol. The molecule has 31 heavy (non-hydrogen) atoms. The van der Waals surface area contributed by atoms with Crippen molar-refractivity contribution in [3.05, 3.63) is 42.5 Å². The number of benzene rings is 2. The molecule has 0 bridgehead atoms. The van der Waals surface area contributed by atoms with E-state index in [1.165, 1.54) is 21.9 Å². The predicted octanol–water partition coefficient (Wildman–Crippen LogP) is 3.24. The number of hydrogen-bond acceptors (Lipinski definition) is 5. The van der Waals surface area contributed by atoms with Crippen molar-refractivity contribution in [1.29, 1.82) is 0 Å². The summed E-state index contributed by atoms with van der Waals surface area (Å²) >= 11 is 0. The first kappa shape index (κ1) is 20.6. The zero-order valence-electron chi connectivity index (χ0n) is 16.1. The number of anilines is 2. The number of nitrogens with one attached hydrogen (secondary N) is 1. The van der Waals surface area contributed by atoms with Crippen LogP contribution in [0.2, 0.25) is 0 Å². The molecule has 3 amide bonds. The number of amides is 3. The molecule has 2 aliphatic heterocycles. The van der Waals surface area contributed by atoms with Crippen LogP contribution in [0.4, 0.5) is 29.3 Å². The molecule has 0 saturated carbocycles. The fourth-order valence-corrected chi connectivity index (χ4v) is 3.28. The second-order valence-electron chi connectivity index (χ2n) is 6.80. The Labute approximate surface area is 175 Å². The van der Waals surface area contributed by atoms with E-state index in [1.54, 1.807) is 18.2 Å². The quantitative estimate of drug-likeness (QED) is 0.777. The van der Waals surface area contributed by atoms with Crippen LogP contribution in [-0.2, 0) is 4.79 Å². The van der Waals surface area contributed by atoms with Crippen molar-refractivity contribution in [1.82, 2.24) is 4.90 Å². The van der Waals surface area contributed by atoms with Crippen LogP contribution in [0.25, 0.3) is 0 Å². The number of hydrogen-bond donors (Lipinski definition) is 1. The van der Waals surface area contributed by atoms with Crippen LogP contribution in [0.15, 0.2) is 42.5 Å². The van der Waals surface area contributed by atoms with Gasteiger partial charge in [-0.3, -0.25) is 9.69 Å². The van der Waals surface area contributed by atoms with Crippen molar-refractivity contribution in [3.8, 4) is 17.2 Å². The third-order valence-electron chi connectivity index (χ3n) is 4.64. The molecule has 1 saturated heterocycles. The molecule has 0 unspecified atom stereocenters.